The van der Waals surface area contributed by atoms with Crippen molar-refractivity contribution in [1.82, 2.24) is 0 Å². The van der Waals surface area contributed by atoms with E-state index in [0.29, 0.717) is 46.6 Å². The number of phenols is 1. The maximum Gasteiger partial charge on any atom is 0.310 e. The molecule has 1 aliphatic rings. The number of aliphatic carboxylic acids is 1. The van der Waals surface area contributed by atoms with Crippen molar-refractivity contribution in [3.05, 3.63) is 52.0 Å². The Bertz CT molecular complexity index is 1020. The molecule has 3 N–H and O–H groups in total. The summed E-state index contributed by atoms with van der Waals surface area (Å²) in [4.78, 5) is 12.1. The monoisotopic (exact) mass is 491 g/mol. The minimum Gasteiger partial charge on any atom is -0.507 e. The molecule has 2 aromatic rings. The second kappa shape index (κ2) is 11.7. The van der Waals surface area contributed by atoms with Gasteiger partial charge in [-0.25, -0.2) is 0 Å². The lowest BCUT2D eigenvalue weighted by Crippen LogP contribution is -2.07. The van der Waals surface area contributed by atoms with Gasteiger partial charge in [0.05, 0.1) is 23.3 Å². The quantitative estimate of drug-likeness (QED) is 0.105. The van der Waals surface area contributed by atoms with Crippen molar-refractivity contribution >= 4 is 35.0 Å². The van der Waals surface area contributed by atoms with Crippen LogP contribution >= 0.6 is 23.4 Å². The summed E-state index contributed by atoms with van der Waals surface area (Å²) >= 11 is 7.94. The van der Waals surface area contributed by atoms with E-state index in [9.17, 15) is 15.1 Å². The molecule has 0 heterocycles. The molecule has 6 nitrogen and oxygen atoms in total. The van der Waals surface area contributed by atoms with Gasteiger partial charge in [0, 0.05) is 21.8 Å². The van der Waals surface area contributed by atoms with Crippen LogP contribution in [-0.4, -0.2) is 39.5 Å². The Morgan fingerprint density at radius 1 is 1.30 bits per heavy atom. The molecule has 178 valence electrons. The lowest BCUT2D eigenvalue weighted by molar-refractivity contribution is -0.138. The number of benzene rings is 2. The third-order valence-corrected chi connectivity index (χ3v) is 7.41. The van der Waals surface area contributed by atoms with E-state index in [0.717, 1.165) is 41.9 Å². The van der Waals surface area contributed by atoms with Crippen LogP contribution in [0.25, 0.3) is 0 Å². The number of hydrogen-bond acceptors (Lipinski definition) is 6. The van der Waals surface area contributed by atoms with Crippen LogP contribution in [0.3, 0.4) is 0 Å². The van der Waals surface area contributed by atoms with Crippen LogP contribution in [0.5, 0.6) is 11.5 Å². The summed E-state index contributed by atoms with van der Waals surface area (Å²) in [5.41, 5.74) is 2.47. The molecule has 0 spiro atoms. The molecule has 2 aromatic carbocycles. The van der Waals surface area contributed by atoms with Crippen LogP contribution in [0.15, 0.2) is 40.4 Å². The predicted octanol–water partition coefficient (Wildman–Crippen LogP) is 6.34. The molecule has 0 saturated heterocycles. The molecule has 1 unspecified atom stereocenters. The number of nitrogens with zero attached hydrogens (tertiary/aromatic N) is 1. The summed E-state index contributed by atoms with van der Waals surface area (Å²) in [5.74, 6) is 0.691. The summed E-state index contributed by atoms with van der Waals surface area (Å²) in [6, 6.07) is 8.97. The van der Waals surface area contributed by atoms with Gasteiger partial charge in [-0.15, -0.1) is 11.8 Å². The van der Waals surface area contributed by atoms with E-state index in [1.807, 2.05) is 19.1 Å². The van der Waals surface area contributed by atoms with Crippen molar-refractivity contribution in [3.63, 3.8) is 0 Å². The van der Waals surface area contributed by atoms with Gasteiger partial charge in [0.2, 0.25) is 0 Å². The Kier molecular flexibility index (Phi) is 8.92. The van der Waals surface area contributed by atoms with E-state index >= 15 is 0 Å². The highest BCUT2D eigenvalue weighted by molar-refractivity contribution is 7.99. The molecular formula is C25H30ClNO5S. The maximum absolute atomic E-state index is 11.2. The van der Waals surface area contributed by atoms with Gasteiger partial charge in [-0.2, -0.15) is 0 Å². The summed E-state index contributed by atoms with van der Waals surface area (Å²) in [6.07, 6.45) is 4.35. The van der Waals surface area contributed by atoms with Gasteiger partial charge in [-0.05, 0) is 74.8 Å². The van der Waals surface area contributed by atoms with Gasteiger partial charge in [0.15, 0.2) is 0 Å². The second-order valence-electron chi connectivity index (χ2n) is 8.29. The number of ether oxygens (including phenoxy) is 1. The number of rotatable bonds is 12. The first-order valence-corrected chi connectivity index (χ1v) is 12.6. The van der Waals surface area contributed by atoms with E-state index in [2.05, 4.69) is 5.16 Å². The molecule has 1 fully saturated rings. The second-order valence-corrected chi connectivity index (χ2v) is 9.83. The average Bonchev–Trinajstić information content (AvgIpc) is 3.62. The van der Waals surface area contributed by atoms with Crippen LogP contribution in [0, 0.1) is 5.92 Å². The SMILES string of the molecule is CCC(=NO)c1ccc(OCCCSc2ccc(C(C)C(=O)O)cc2Cl)c(CC2CC2)c1O. The molecule has 0 amide bonds. The molecule has 0 aromatic heterocycles. The zero-order chi connectivity index (χ0) is 24.0. The fraction of sp³-hybridized carbons (Fsp3) is 0.440. The molecule has 0 aliphatic heterocycles. The molecule has 33 heavy (non-hydrogen) atoms. The smallest absolute Gasteiger partial charge is 0.310 e. The number of hydrogen-bond donors (Lipinski definition) is 3. The van der Waals surface area contributed by atoms with Crippen LogP contribution in [0.2, 0.25) is 5.02 Å². The first-order chi connectivity index (χ1) is 15.8. The number of carbonyl (C=O) groups is 1. The average molecular weight is 492 g/mol. The fourth-order valence-corrected chi connectivity index (χ4v) is 4.77. The van der Waals surface area contributed by atoms with Gasteiger partial charge in [0.1, 0.15) is 11.5 Å². The predicted molar refractivity (Wildman–Crippen MR) is 131 cm³/mol. The van der Waals surface area contributed by atoms with Crippen molar-refractivity contribution in [2.24, 2.45) is 11.1 Å². The number of oxime groups is 1. The molecule has 0 bridgehead atoms. The maximum atomic E-state index is 11.2. The van der Waals surface area contributed by atoms with Crippen LogP contribution < -0.4 is 4.74 Å². The van der Waals surface area contributed by atoms with Crippen molar-refractivity contribution in [1.29, 1.82) is 0 Å². The van der Waals surface area contributed by atoms with Crippen LogP contribution in [0.1, 0.15) is 62.1 Å². The summed E-state index contributed by atoms with van der Waals surface area (Å²) < 4.78 is 6.02. The van der Waals surface area contributed by atoms with E-state index in [-0.39, 0.29) is 5.75 Å². The zero-order valence-electron chi connectivity index (χ0n) is 18.9. The zero-order valence-corrected chi connectivity index (χ0v) is 20.5. The number of carboxylic acids is 1. The fourth-order valence-electron chi connectivity index (χ4n) is 3.58. The number of carboxylic acid groups (broad SMARTS) is 1. The van der Waals surface area contributed by atoms with Gasteiger partial charge in [-0.3, -0.25) is 4.79 Å². The third kappa shape index (κ3) is 6.58. The van der Waals surface area contributed by atoms with E-state index in [4.69, 9.17) is 21.4 Å². The highest BCUT2D eigenvalue weighted by Crippen LogP contribution is 2.40. The number of halogens is 1. The summed E-state index contributed by atoms with van der Waals surface area (Å²) in [5, 5.41) is 33.1. The molecule has 1 aliphatic carbocycles. The molecule has 1 saturated carbocycles. The lowest BCUT2D eigenvalue weighted by atomic mass is 9.98. The first kappa shape index (κ1) is 25.2. The van der Waals surface area contributed by atoms with Crippen molar-refractivity contribution in [2.45, 2.75) is 56.8 Å². The largest absolute Gasteiger partial charge is 0.507 e. The Labute approximate surface area is 203 Å². The minimum absolute atomic E-state index is 0.144. The molecule has 8 heteroatoms. The first-order valence-electron chi connectivity index (χ1n) is 11.2. The Balaban J connectivity index is 1.58. The van der Waals surface area contributed by atoms with Crippen molar-refractivity contribution in [2.75, 3.05) is 12.4 Å². The molecule has 0 radical (unpaired) electrons. The van der Waals surface area contributed by atoms with Crippen molar-refractivity contribution < 1.29 is 25.0 Å². The van der Waals surface area contributed by atoms with E-state index < -0.39 is 11.9 Å². The third-order valence-electron chi connectivity index (χ3n) is 5.83. The Morgan fingerprint density at radius 2 is 2.06 bits per heavy atom. The normalized spacial score (nSPS) is 14.8. The van der Waals surface area contributed by atoms with Gasteiger partial charge >= 0.3 is 5.97 Å². The van der Waals surface area contributed by atoms with Gasteiger partial charge < -0.3 is 20.2 Å². The van der Waals surface area contributed by atoms with Gasteiger partial charge in [-0.1, -0.05) is 29.7 Å². The highest BCUT2D eigenvalue weighted by atomic mass is 35.5. The van der Waals surface area contributed by atoms with Crippen molar-refractivity contribution in [3.8, 4) is 11.5 Å². The number of thioether (sulfide) groups is 1. The molecule has 1 atom stereocenters. The Hall–Kier alpha value is -2.38. The van der Waals surface area contributed by atoms with Gasteiger partial charge in [0.25, 0.3) is 0 Å². The number of aromatic hydroxyl groups is 1. The van der Waals surface area contributed by atoms with Crippen LogP contribution in [-0.2, 0) is 11.2 Å². The summed E-state index contributed by atoms with van der Waals surface area (Å²) in [6.45, 7) is 4.01. The number of phenolic OH excluding ortho intramolecular Hbond substituents is 1. The highest BCUT2D eigenvalue weighted by Gasteiger charge is 2.26. The Morgan fingerprint density at radius 3 is 2.67 bits per heavy atom. The van der Waals surface area contributed by atoms with Crippen LogP contribution in [0.4, 0.5) is 0 Å². The summed E-state index contributed by atoms with van der Waals surface area (Å²) in [7, 11) is 0. The van der Waals surface area contributed by atoms with E-state index in [1.54, 1.807) is 36.9 Å². The molecule has 3 rings (SSSR count). The lowest BCUT2D eigenvalue weighted by Gasteiger charge is -2.16. The standard InChI is InChI=1S/C25H30ClNO5S/c1-3-21(27-31)18-8-9-22(19(24(18)28)13-16-5-6-16)32-11-4-12-33-23-10-7-17(14-20(23)26)15(2)25(29)30/h7-10,14-16,28,31H,3-6,11-13H2,1-2H3,(H,29,30). The molecular weight excluding hydrogens is 462 g/mol. The van der Waals surface area contributed by atoms with E-state index in [1.165, 1.54) is 0 Å². The minimum atomic E-state index is -0.877. The topological polar surface area (TPSA) is 99.4 Å².